The van der Waals surface area contributed by atoms with Gasteiger partial charge in [-0.15, -0.1) is 0 Å². The molecule has 0 aliphatic carbocycles. The van der Waals surface area contributed by atoms with Gasteiger partial charge in [-0.3, -0.25) is 9.59 Å². The number of piperidine rings is 1. The quantitative estimate of drug-likeness (QED) is 0.914. The third-order valence-corrected chi connectivity index (χ3v) is 3.87. The van der Waals surface area contributed by atoms with Crippen molar-refractivity contribution >= 4 is 27.7 Å². The molecule has 6 heteroatoms. The Morgan fingerprint density at radius 3 is 2.65 bits per heavy atom. The van der Waals surface area contributed by atoms with E-state index in [1.807, 2.05) is 11.8 Å². The molecule has 0 unspecified atom stereocenters. The van der Waals surface area contributed by atoms with Crippen LogP contribution in [0.3, 0.4) is 0 Å². The minimum atomic E-state index is -0.200. The summed E-state index contributed by atoms with van der Waals surface area (Å²) in [4.78, 5) is 25.6. The topological polar surface area (TPSA) is 62.6 Å². The third kappa shape index (κ3) is 3.85. The Hall–Kier alpha value is -1.30. The molecule has 0 bridgehead atoms. The van der Waals surface area contributed by atoms with Gasteiger partial charge in [-0.1, -0.05) is 6.92 Å². The molecular weight excluding hydrogens is 324 g/mol. The van der Waals surface area contributed by atoms with Gasteiger partial charge in [0.1, 0.15) is 0 Å². The van der Waals surface area contributed by atoms with E-state index in [0.717, 1.165) is 19.3 Å². The first kappa shape index (κ1) is 15.1. The lowest BCUT2D eigenvalue weighted by atomic mass is 10.0. The highest BCUT2D eigenvalue weighted by Crippen LogP contribution is 2.16. The van der Waals surface area contributed by atoms with Crippen LogP contribution in [0.4, 0.5) is 0 Å². The summed E-state index contributed by atoms with van der Waals surface area (Å²) in [5.74, 6) is 0.322. The maximum Gasteiger partial charge on any atom is 0.287 e. The highest BCUT2D eigenvalue weighted by molar-refractivity contribution is 9.10. The average Bonchev–Trinajstić information content (AvgIpc) is 2.86. The van der Waals surface area contributed by atoms with E-state index < -0.39 is 0 Å². The van der Waals surface area contributed by atoms with E-state index in [1.54, 1.807) is 12.1 Å². The van der Waals surface area contributed by atoms with Crippen LogP contribution in [-0.4, -0.2) is 35.8 Å². The van der Waals surface area contributed by atoms with Crippen molar-refractivity contribution in [3.05, 3.63) is 22.6 Å². The third-order valence-electron chi connectivity index (χ3n) is 3.44. The Morgan fingerprint density at radius 2 is 2.10 bits per heavy atom. The largest absolute Gasteiger partial charge is 0.444 e. The zero-order valence-electron chi connectivity index (χ0n) is 11.5. The molecule has 2 amide bonds. The van der Waals surface area contributed by atoms with Crippen LogP contribution >= 0.6 is 15.9 Å². The number of furan rings is 1. The standard InChI is InChI=1S/C14H19BrN2O3/c1-2-3-13(18)17-8-6-10(7-9-17)16-14(19)11-4-5-12(15)20-11/h4-5,10H,2-3,6-9H2,1H3,(H,16,19). The van der Waals surface area contributed by atoms with E-state index in [0.29, 0.717) is 29.9 Å². The maximum absolute atomic E-state index is 11.9. The zero-order chi connectivity index (χ0) is 14.5. The summed E-state index contributed by atoms with van der Waals surface area (Å²) in [6.07, 6.45) is 3.08. The van der Waals surface area contributed by atoms with Crippen molar-refractivity contribution in [2.24, 2.45) is 0 Å². The number of nitrogens with one attached hydrogen (secondary N) is 1. The van der Waals surface area contributed by atoms with Crippen LogP contribution in [0.15, 0.2) is 21.2 Å². The fourth-order valence-electron chi connectivity index (χ4n) is 2.34. The molecular formula is C14H19BrN2O3. The second-order valence-corrected chi connectivity index (χ2v) is 5.76. The summed E-state index contributed by atoms with van der Waals surface area (Å²) in [5.41, 5.74) is 0. The summed E-state index contributed by atoms with van der Waals surface area (Å²) in [7, 11) is 0. The molecule has 5 nitrogen and oxygen atoms in total. The number of halogens is 1. The van der Waals surface area contributed by atoms with Crippen LogP contribution in [0.1, 0.15) is 43.2 Å². The van der Waals surface area contributed by atoms with Crippen molar-refractivity contribution in [2.75, 3.05) is 13.1 Å². The molecule has 2 heterocycles. The van der Waals surface area contributed by atoms with E-state index in [9.17, 15) is 9.59 Å². The first-order valence-electron chi connectivity index (χ1n) is 6.94. The Kier molecular flexibility index (Phi) is 5.23. The van der Waals surface area contributed by atoms with Gasteiger partial charge in [0.15, 0.2) is 10.4 Å². The lowest BCUT2D eigenvalue weighted by Crippen LogP contribution is -2.46. The van der Waals surface area contributed by atoms with Crippen molar-refractivity contribution in [1.29, 1.82) is 0 Å². The Balaban J connectivity index is 1.80. The molecule has 1 aromatic rings. The Bertz CT molecular complexity index is 479. The van der Waals surface area contributed by atoms with Crippen LogP contribution in [0.25, 0.3) is 0 Å². The molecule has 0 atom stereocenters. The number of carbonyl (C=O) groups excluding carboxylic acids is 2. The number of hydrogen-bond donors (Lipinski definition) is 1. The summed E-state index contributed by atoms with van der Waals surface area (Å²) >= 11 is 3.17. The van der Waals surface area contributed by atoms with Gasteiger partial charge in [0, 0.05) is 25.6 Å². The van der Waals surface area contributed by atoms with E-state index in [-0.39, 0.29) is 17.9 Å². The summed E-state index contributed by atoms with van der Waals surface area (Å²) < 4.78 is 5.76. The van der Waals surface area contributed by atoms with Crippen LogP contribution < -0.4 is 5.32 Å². The summed E-state index contributed by atoms with van der Waals surface area (Å²) in [6, 6.07) is 3.44. The van der Waals surface area contributed by atoms with Gasteiger partial charge >= 0.3 is 0 Å². The number of likely N-dealkylation sites (tertiary alicyclic amines) is 1. The van der Waals surface area contributed by atoms with Crippen molar-refractivity contribution < 1.29 is 14.0 Å². The molecule has 1 fully saturated rings. The lowest BCUT2D eigenvalue weighted by molar-refractivity contribution is -0.132. The molecule has 20 heavy (non-hydrogen) atoms. The maximum atomic E-state index is 11.9. The Labute approximate surface area is 126 Å². The minimum Gasteiger partial charge on any atom is -0.444 e. The predicted octanol–water partition coefficient (Wildman–Crippen LogP) is 2.56. The SMILES string of the molecule is CCCC(=O)N1CCC(NC(=O)c2ccc(Br)o2)CC1. The number of nitrogens with zero attached hydrogens (tertiary/aromatic N) is 1. The van der Waals surface area contributed by atoms with Gasteiger partial charge in [-0.2, -0.15) is 0 Å². The highest BCUT2D eigenvalue weighted by Gasteiger charge is 2.24. The lowest BCUT2D eigenvalue weighted by Gasteiger charge is -2.32. The molecule has 2 rings (SSSR count). The fourth-order valence-corrected chi connectivity index (χ4v) is 2.64. The van der Waals surface area contributed by atoms with Gasteiger partial charge < -0.3 is 14.6 Å². The Morgan fingerprint density at radius 1 is 1.40 bits per heavy atom. The second-order valence-electron chi connectivity index (χ2n) is 4.98. The van der Waals surface area contributed by atoms with Crippen molar-refractivity contribution in [2.45, 2.75) is 38.6 Å². The first-order valence-corrected chi connectivity index (χ1v) is 7.73. The molecule has 110 valence electrons. The fraction of sp³-hybridized carbons (Fsp3) is 0.571. The number of carbonyl (C=O) groups is 2. The second kappa shape index (κ2) is 6.92. The molecule has 0 radical (unpaired) electrons. The molecule has 1 aliphatic heterocycles. The van der Waals surface area contributed by atoms with Crippen LogP contribution in [0.2, 0.25) is 0 Å². The minimum absolute atomic E-state index is 0.108. The van der Waals surface area contributed by atoms with Crippen molar-refractivity contribution in [1.82, 2.24) is 10.2 Å². The average molecular weight is 343 g/mol. The summed E-state index contributed by atoms with van der Waals surface area (Å²) in [5, 5.41) is 2.95. The van der Waals surface area contributed by atoms with E-state index in [2.05, 4.69) is 21.2 Å². The molecule has 0 spiro atoms. The van der Waals surface area contributed by atoms with Crippen molar-refractivity contribution in [3.8, 4) is 0 Å². The zero-order valence-corrected chi connectivity index (χ0v) is 13.1. The van der Waals surface area contributed by atoms with Crippen LogP contribution in [-0.2, 0) is 4.79 Å². The highest BCUT2D eigenvalue weighted by atomic mass is 79.9. The predicted molar refractivity (Wildman–Crippen MR) is 78.4 cm³/mol. The van der Waals surface area contributed by atoms with Gasteiger partial charge in [0.25, 0.3) is 5.91 Å². The molecule has 1 aromatic heterocycles. The number of amides is 2. The molecule has 1 N–H and O–H groups in total. The van der Waals surface area contributed by atoms with Gasteiger partial charge in [-0.25, -0.2) is 0 Å². The number of hydrogen-bond acceptors (Lipinski definition) is 3. The van der Waals surface area contributed by atoms with Gasteiger partial charge in [0.2, 0.25) is 5.91 Å². The number of rotatable bonds is 4. The van der Waals surface area contributed by atoms with Gasteiger partial charge in [-0.05, 0) is 47.3 Å². The normalized spacial score (nSPS) is 16.2. The smallest absolute Gasteiger partial charge is 0.287 e. The first-order chi connectivity index (χ1) is 9.60. The van der Waals surface area contributed by atoms with Crippen molar-refractivity contribution in [3.63, 3.8) is 0 Å². The monoisotopic (exact) mass is 342 g/mol. The molecule has 0 saturated carbocycles. The molecule has 0 aromatic carbocycles. The van der Waals surface area contributed by atoms with E-state index in [4.69, 9.17) is 4.42 Å². The van der Waals surface area contributed by atoms with E-state index in [1.165, 1.54) is 0 Å². The van der Waals surface area contributed by atoms with E-state index >= 15 is 0 Å². The summed E-state index contributed by atoms with van der Waals surface area (Å²) in [6.45, 7) is 3.43. The molecule has 1 saturated heterocycles. The van der Waals surface area contributed by atoms with Gasteiger partial charge in [0.05, 0.1) is 0 Å². The van der Waals surface area contributed by atoms with Crippen LogP contribution in [0, 0.1) is 0 Å². The van der Waals surface area contributed by atoms with Crippen LogP contribution in [0.5, 0.6) is 0 Å². The molecule has 1 aliphatic rings.